The van der Waals surface area contributed by atoms with Gasteiger partial charge in [-0.05, 0) is 25.1 Å². The van der Waals surface area contributed by atoms with Crippen molar-refractivity contribution in [1.29, 1.82) is 0 Å². The molecule has 4 nitrogen and oxygen atoms in total. The molecule has 76 valence electrons. The molecule has 0 bridgehead atoms. The van der Waals surface area contributed by atoms with Crippen molar-refractivity contribution in [3.63, 3.8) is 0 Å². The molecule has 0 aliphatic rings. The highest BCUT2D eigenvalue weighted by Crippen LogP contribution is 2.02. The Kier molecular flexibility index (Phi) is 6.99. The minimum Gasteiger partial charge on any atom is -0.333 e. The van der Waals surface area contributed by atoms with E-state index in [4.69, 9.17) is 0 Å². The number of carbonyl (C=O) groups is 1. The van der Waals surface area contributed by atoms with E-state index in [1.165, 1.54) is 7.05 Å². The predicted octanol–water partition coefficient (Wildman–Crippen LogP) is 0.650. The minimum atomic E-state index is 0.536. The number of nitrogens with two attached hydrogens (primary N) is 1. The van der Waals surface area contributed by atoms with E-state index in [-0.39, 0.29) is 0 Å². The molecular formula is C10H15N3O. The fourth-order valence-electron chi connectivity index (χ4n) is 0.869. The minimum absolute atomic E-state index is 0.536. The lowest BCUT2D eigenvalue weighted by Crippen LogP contribution is -2.01. The van der Waals surface area contributed by atoms with Crippen LogP contribution < -0.4 is 11.2 Å². The van der Waals surface area contributed by atoms with Gasteiger partial charge in [0.25, 0.3) is 0 Å². The maximum Gasteiger partial charge on any atom is 0.227 e. The maximum atomic E-state index is 9.86. The number of nitrogens with zero attached hydrogens (tertiary/aromatic N) is 1. The molecule has 1 rings (SSSR count). The summed E-state index contributed by atoms with van der Waals surface area (Å²) in [4.78, 5) is 9.86. The van der Waals surface area contributed by atoms with Crippen LogP contribution in [0.2, 0.25) is 0 Å². The molecule has 0 fully saturated rings. The molecule has 0 atom stereocenters. The number of nitrogens with one attached hydrogen (secondary N) is 1. The standard InChI is InChI=1S/C9H10N2O.CH5N/c1-8-4-2-3-5-9(8)6-10-11-7-12;1-2/h2-7H,1H3,(H,11,12);2H2,1H3/b10-6+;. The third-order valence-electron chi connectivity index (χ3n) is 1.52. The quantitative estimate of drug-likeness (QED) is 0.420. The third kappa shape index (κ3) is 4.37. The lowest BCUT2D eigenvalue weighted by atomic mass is 10.1. The van der Waals surface area contributed by atoms with E-state index in [1.54, 1.807) is 6.21 Å². The van der Waals surface area contributed by atoms with Gasteiger partial charge >= 0.3 is 0 Å². The van der Waals surface area contributed by atoms with Crippen LogP contribution in [0.3, 0.4) is 0 Å². The van der Waals surface area contributed by atoms with Gasteiger partial charge in [-0.2, -0.15) is 5.10 Å². The van der Waals surface area contributed by atoms with Gasteiger partial charge in [-0.25, -0.2) is 5.43 Å². The van der Waals surface area contributed by atoms with Crippen LogP contribution in [0.25, 0.3) is 0 Å². The molecule has 14 heavy (non-hydrogen) atoms. The van der Waals surface area contributed by atoms with E-state index >= 15 is 0 Å². The van der Waals surface area contributed by atoms with Gasteiger partial charge < -0.3 is 5.73 Å². The number of hydrazone groups is 1. The average molecular weight is 193 g/mol. The highest BCUT2D eigenvalue weighted by Gasteiger charge is 1.90. The third-order valence-corrected chi connectivity index (χ3v) is 1.52. The van der Waals surface area contributed by atoms with Gasteiger partial charge in [0.2, 0.25) is 6.41 Å². The molecule has 3 N–H and O–H groups in total. The van der Waals surface area contributed by atoms with Gasteiger partial charge in [0, 0.05) is 0 Å². The zero-order chi connectivity index (χ0) is 10.8. The largest absolute Gasteiger partial charge is 0.333 e. The van der Waals surface area contributed by atoms with Gasteiger partial charge in [0.15, 0.2) is 0 Å². The molecule has 1 amide bonds. The summed E-state index contributed by atoms with van der Waals surface area (Å²) < 4.78 is 0. The smallest absolute Gasteiger partial charge is 0.227 e. The number of benzene rings is 1. The van der Waals surface area contributed by atoms with E-state index in [1.807, 2.05) is 31.2 Å². The molecule has 0 heterocycles. The zero-order valence-electron chi connectivity index (χ0n) is 8.40. The van der Waals surface area contributed by atoms with Gasteiger partial charge in [0.05, 0.1) is 6.21 Å². The number of hydrogen-bond acceptors (Lipinski definition) is 3. The molecular weight excluding hydrogens is 178 g/mol. The highest BCUT2D eigenvalue weighted by atomic mass is 16.1. The zero-order valence-corrected chi connectivity index (χ0v) is 8.40. The Hall–Kier alpha value is -1.68. The van der Waals surface area contributed by atoms with Crippen molar-refractivity contribution in [1.82, 2.24) is 5.43 Å². The number of rotatable bonds is 3. The van der Waals surface area contributed by atoms with Crippen LogP contribution in [0.1, 0.15) is 11.1 Å². The summed E-state index contributed by atoms with van der Waals surface area (Å²) in [6.45, 7) is 1.99. The Balaban J connectivity index is 0.000000791. The van der Waals surface area contributed by atoms with E-state index in [0.717, 1.165) is 11.1 Å². The van der Waals surface area contributed by atoms with Gasteiger partial charge in [-0.1, -0.05) is 24.3 Å². The van der Waals surface area contributed by atoms with Gasteiger partial charge in [-0.15, -0.1) is 0 Å². The lowest BCUT2D eigenvalue weighted by molar-refractivity contribution is -0.109. The van der Waals surface area contributed by atoms with Crippen molar-refractivity contribution >= 4 is 12.6 Å². The molecule has 0 aliphatic heterocycles. The summed E-state index contributed by atoms with van der Waals surface area (Å²) in [6.07, 6.45) is 2.15. The summed E-state index contributed by atoms with van der Waals surface area (Å²) in [5, 5.41) is 3.68. The fourth-order valence-corrected chi connectivity index (χ4v) is 0.869. The first kappa shape index (κ1) is 12.3. The number of amides is 1. The molecule has 0 saturated heterocycles. The number of carbonyl (C=O) groups excluding carboxylic acids is 1. The molecule has 0 radical (unpaired) electrons. The highest BCUT2D eigenvalue weighted by molar-refractivity contribution is 5.81. The second-order valence-corrected chi connectivity index (χ2v) is 2.36. The van der Waals surface area contributed by atoms with Gasteiger partial charge in [-0.3, -0.25) is 4.79 Å². The first-order valence-electron chi connectivity index (χ1n) is 4.20. The molecule has 0 spiro atoms. The SMILES string of the molecule is CN.Cc1ccccc1/C=N/NC=O. The lowest BCUT2D eigenvalue weighted by Gasteiger charge is -1.96. The summed E-state index contributed by atoms with van der Waals surface area (Å²) in [5.74, 6) is 0. The average Bonchev–Trinajstić information content (AvgIpc) is 2.24. The van der Waals surface area contributed by atoms with Crippen LogP contribution >= 0.6 is 0 Å². The number of aryl methyl sites for hydroxylation is 1. The summed E-state index contributed by atoms with van der Waals surface area (Å²) >= 11 is 0. The molecule has 1 aromatic rings. The van der Waals surface area contributed by atoms with E-state index < -0.39 is 0 Å². The monoisotopic (exact) mass is 193 g/mol. The van der Waals surface area contributed by atoms with E-state index in [9.17, 15) is 4.79 Å². The van der Waals surface area contributed by atoms with Crippen molar-refractivity contribution in [3.8, 4) is 0 Å². The Labute approximate surface area is 83.8 Å². The maximum absolute atomic E-state index is 9.86. The summed E-state index contributed by atoms with van der Waals surface area (Å²) in [5.41, 5.74) is 8.85. The normalized spacial score (nSPS) is 9.07. The Bertz CT molecular complexity index is 297. The molecule has 4 heteroatoms. The Morgan fingerprint density at radius 2 is 2.00 bits per heavy atom. The fraction of sp³-hybridized carbons (Fsp3) is 0.200. The van der Waals surface area contributed by atoms with Crippen LogP contribution in [0.5, 0.6) is 0 Å². The number of hydrogen-bond donors (Lipinski definition) is 2. The first-order chi connectivity index (χ1) is 6.84. The second-order valence-electron chi connectivity index (χ2n) is 2.36. The van der Waals surface area contributed by atoms with Crippen molar-refractivity contribution in [2.24, 2.45) is 10.8 Å². The molecule has 1 aromatic carbocycles. The molecule has 0 unspecified atom stereocenters. The van der Waals surface area contributed by atoms with Crippen LogP contribution in [0, 0.1) is 6.92 Å². The molecule has 0 aromatic heterocycles. The second kappa shape index (κ2) is 7.94. The van der Waals surface area contributed by atoms with Gasteiger partial charge in [0.1, 0.15) is 0 Å². The Morgan fingerprint density at radius 3 is 2.57 bits per heavy atom. The van der Waals surface area contributed by atoms with Crippen molar-refractivity contribution in [3.05, 3.63) is 35.4 Å². The summed E-state index contributed by atoms with van der Waals surface area (Å²) in [6, 6.07) is 7.81. The van der Waals surface area contributed by atoms with Crippen molar-refractivity contribution in [2.75, 3.05) is 7.05 Å². The molecule has 0 saturated carbocycles. The van der Waals surface area contributed by atoms with E-state index in [0.29, 0.717) is 6.41 Å². The topological polar surface area (TPSA) is 67.5 Å². The predicted molar refractivity (Wildman–Crippen MR) is 58.1 cm³/mol. The summed E-state index contributed by atoms with van der Waals surface area (Å²) in [7, 11) is 1.50. The molecule has 0 aliphatic carbocycles. The van der Waals surface area contributed by atoms with Crippen molar-refractivity contribution in [2.45, 2.75) is 6.92 Å². The Morgan fingerprint density at radius 1 is 1.36 bits per heavy atom. The van der Waals surface area contributed by atoms with Crippen LogP contribution in [0.4, 0.5) is 0 Å². The van der Waals surface area contributed by atoms with Crippen LogP contribution in [0.15, 0.2) is 29.4 Å². The van der Waals surface area contributed by atoms with Crippen molar-refractivity contribution < 1.29 is 4.79 Å². The van der Waals surface area contributed by atoms with Crippen LogP contribution in [-0.4, -0.2) is 19.7 Å². The van der Waals surface area contributed by atoms with Crippen LogP contribution in [-0.2, 0) is 4.79 Å². The first-order valence-corrected chi connectivity index (χ1v) is 4.20. The van der Waals surface area contributed by atoms with E-state index in [2.05, 4.69) is 16.3 Å².